The van der Waals surface area contributed by atoms with Crippen molar-refractivity contribution >= 4 is 22.4 Å². The zero-order valence-electron chi connectivity index (χ0n) is 11.1. The molecule has 2 aromatic rings. The molecule has 0 bridgehead atoms. The second-order valence-corrected chi connectivity index (χ2v) is 5.44. The van der Waals surface area contributed by atoms with Gasteiger partial charge in [0.2, 0.25) is 5.91 Å². The van der Waals surface area contributed by atoms with Crippen LogP contribution in [0.1, 0.15) is 17.7 Å². The molecule has 2 rings (SSSR count). The molecule has 0 saturated carbocycles. The van der Waals surface area contributed by atoms with E-state index in [9.17, 15) is 9.18 Å². The second kappa shape index (κ2) is 7.00. The van der Waals surface area contributed by atoms with Gasteiger partial charge in [-0.15, -0.1) is 11.3 Å². The van der Waals surface area contributed by atoms with E-state index in [2.05, 4.69) is 10.3 Å². The third-order valence-corrected chi connectivity index (χ3v) is 3.34. The van der Waals surface area contributed by atoms with Gasteiger partial charge in [0, 0.05) is 17.5 Å². The highest BCUT2D eigenvalue weighted by atomic mass is 32.1. The normalized spacial score (nSPS) is 10.3. The molecule has 0 atom stereocenters. The van der Waals surface area contributed by atoms with Gasteiger partial charge in [-0.2, -0.15) is 0 Å². The number of thiazole rings is 1. The number of halogens is 1. The molecule has 1 N–H and O–H groups in total. The number of rotatable bonds is 6. The Morgan fingerprint density at radius 2 is 2.25 bits per heavy atom. The SMILES string of the molecule is Cc1cnc(NC(=O)CCCOc2ccccc2F)s1. The Bertz CT molecular complexity index is 586. The van der Waals surface area contributed by atoms with Gasteiger partial charge in [-0.3, -0.25) is 4.79 Å². The predicted octanol–water partition coefficient (Wildman–Crippen LogP) is 3.39. The highest BCUT2D eigenvalue weighted by Crippen LogP contribution is 2.17. The predicted molar refractivity (Wildman–Crippen MR) is 76.6 cm³/mol. The van der Waals surface area contributed by atoms with Crippen molar-refractivity contribution in [2.45, 2.75) is 19.8 Å². The van der Waals surface area contributed by atoms with Gasteiger partial charge >= 0.3 is 0 Å². The standard InChI is InChI=1S/C14H15FN2O2S/c1-10-9-16-14(20-10)17-13(18)7-4-8-19-12-6-3-2-5-11(12)15/h2-3,5-6,9H,4,7-8H2,1H3,(H,16,17,18). The summed E-state index contributed by atoms with van der Waals surface area (Å²) < 4.78 is 18.5. The van der Waals surface area contributed by atoms with Crippen LogP contribution in [0.5, 0.6) is 5.75 Å². The first-order valence-corrected chi connectivity index (χ1v) is 7.06. The topological polar surface area (TPSA) is 51.2 Å². The van der Waals surface area contributed by atoms with Gasteiger partial charge in [0.05, 0.1) is 6.61 Å². The molecular formula is C14H15FN2O2S. The third-order valence-electron chi connectivity index (χ3n) is 2.51. The minimum atomic E-state index is -0.393. The second-order valence-electron chi connectivity index (χ2n) is 4.21. The Morgan fingerprint density at radius 3 is 2.95 bits per heavy atom. The van der Waals surface area contributed by atoms with Crippen molar-refractivity contribution in [3.8, 4) is 5.75 Å². The van der Waals surface area contributed by atoms with Gasteiger partial charge in [0.1, 0.15) is 0 Å². The Hall–Kier alpha value is -1.95. The van der Waals surface area contributed by atoms with Crippen LogP contribution in [0.3, 0.4) is 0 Å². The average molecular weight is 294 g/mol. The molecular weight excluding hydrogens is 279 g/mol. The van der Waals surface area contributed by atoms with Crippen molar-refractivity contribution < 1.29 is 13.9 Å². The molecule has 106 valence electrons. The summed E-state index contributed by atoms with van der Waals surface area (Å²) in [5.74, 6) is -0.296. The molecule has 0 aliphatic rings. The fourth-order valence-electron chi connectivity index (χ4n) is 1.57. The summed E-state index contributed by atoms with van der Waals surface area (Å²) in [5, 5.41) is 3.31. The molecule has 0 radical (unpaired) electrons. The fourth-order valence-corrected chi connectivity index (χ4v) is 2.25. The first-order valence-electron chi connectivity index (χ1n) is 6.25. The fraction of sp³-hybridized carbons (Fsp3) is 0.286. The van der Waals surface area contributed by atoms with E-state index in [0.29, 0.717) is 24.6 Å². The number of ether oxygens (including phenoxy) is 1. The quantitative estimate of drug-likeness (QED) is 0.831. The molecule has 1 heterocycles. The molecule has 0 saturated heterocycles. The number of nitrogens with one attached hydrogen (secondary N) is 1. The molecule has 0 aliphatic heterocycles. The van der Waals surface area contributed by atoms with Crippen LogP contribution in [0.2, 0.25) is 0 Å². The summed E-state index contributed by atoms with van der Waals surface area (Å²) >= 11 is 1.43. The summed E-state index contributed by atoms with van der Waals surface area (Å²) in [7, 11) is 0. The zero-order valence-corrected chi connectivity index (χ0v) is 11.9. The number of aryl methyl sites for hydroxylation is 1. The maximum atomic E-state index is 13.3. The number of hydrogen-bond acceptors (Lipinski definition) is 4. The molecule has 0 unspecified atom stereocenters. The lowest BCUT2D eigenvalue weighted by atomic mass is 10.3. The first kappa shape index (κ1) is 14.5. The Kier molecular flexibility index (Phi) is 5.06. The maximum absolute atomic E-state index is 13.3. The largest absolute Gasteiger partial charge is 0.491 e. The number of amides is 1. The minimum Gasteiger partial charge on any atom is -0.491 e. The number of anilines is 1. The minimum absolute atomic E-state index is 0.114. The van der Waals surface area contributed by atoms with E-state index < -0.39 is 5.82 Å². The van der Waals surface area contributed by atoms with Crippen molar-refractivity contribution in [3.63, 3.8) is 0 Å². The van der Waals surface area contributed by atoms with Crippen LogP contribution in [-0.2, 0) is 4.79 Å². The van der Waals surface area contributed by atoms with E-state index in [1.807, 2.05) is 6.92 Å². The van der Waals surface area contributed by atoms with Gasteiger partial charge in [0.15, 0.2) is 16.7 Å². The molecule has 1 aromatic carbocycles. The summed E-state index contributed by atoms with van der Waals surface area (Å²) in [6, 6.07) is 6.21. The molecule has 4 nitrogen and oxygen atoms in total. The van der Waals surface area contributed by atoms with Crippen molar-refractivity contribution in [3.05, 3.63) is 41.2 Å². The molecule has 0 aliphatic carbocycles. The van der Waals surface area contributed by atoms with Crippen LogP contribution >= 0.6 is 11.3 Å². The number of aromatic nitrogens is 1. The van der Waals surface area contributed by atoms with Crippen LogP contribution < -0.4 is 10.1 Å². The lowest BCUT2D eigenvalue weighted by Gasteiger charge is -2.06. The van der Waals surface area contributed by atoms with E-state index in [0.717, 1.165) is 4.88 Å². The lowest BCUT2D eigenvalue weighted by molar-refractivity contribution is -0.116. The lowest BCUT2D eigenvalue weighted by Crippen LogP contribution is -2.12. The molecule has 1 aromatic heterocycles. The van der Waals surface area contributed by atoms with E-state index in [-0.39, 0.29) is 11.7 Å². The highest BCUT2D eigenvalue weighted by molar-refractivity contribution is 7.15. The van der Waals surface area contributed by atoms with E-state index in [4.69, 9.17) is 4.74 Å². The Morgan fingerprint density at radius 1 is 1.45 bits per heavy atom. The van der Waals surface area contributed by atoms with Crippen LogP contribution in [0, 0.1) is 12.7 Å². The number of hydrogen-bond donors (Lipinski definition) is 1. The van der Waals surface area contributed by atoms with Gasteiger partial charge in [-0.1, -0.05) is 12.1 Å². The third kappa shape index (κ3) is 4.31. The average Bonchev–Trinajstić information content (AvgIpc) is 2.82. The van der Waals surface area contributed by atoms with Crippen LogP contribution in [0.25, 0.3) is 0 Å². The maximum Gasteiger partial charge on any atom is 0.226 e. The zero-order chi connectivity index (χ0) is 14.4. The van der Waals surface area contributed by atoms with E-state index >= 15 is 0 Å². The highest BCUT2D eigenvalue weighted by Gasteiger charge is 2.06. The Labute approximate surface area is 120 Å². The molecule has 0 spiro atoms. The number of carbonyl (C=O) groups is 1. The summed E-state index contributed by atoms with van der Waals surface area (Å²) in [6.07, 6.45) is 2.54. The van der Waals surface area contributed by atoms with Crippen molar-refractivity contribution in [2.24, 2.45) is 0 Å². The molecule has 0 fully saturated rings. The monoisotopic (exact) mass is 294 g/mol. The molecule has 20 heavy (non-hydrogen) atoms. The number of nitrogens with zero attached hydrogens (tertiary/aromatic N) is 1. The van der Waals surface area contributed by atoms with Crippen LogP contribution in [0.4, 0.5) is 9.52 Å². The smallest absolute Gasteiger partial charge is 0.226 e. The summed E-state index contributed by atoms with van der Waals surface area (Å²) in [6.45, 7) is 2.22. The first-order chi connectivity index (χ1) is 9.65. The molecule has 1 amide bonds. The van der Waals surface area contributed by atoms with Crippen LogP contribution in [-0.4, -0.2) is 17.5 Å². The van der Waals surface area contributed by atoms with Crippen molar-refractivity contribution in [1.29, 1.82) is 0 Å². The molecule has 6 heteroatoms. The van der Waals surface area contributed by atoms with Crippen molar-refractivity contribution in [2.75, 3.05) is 11.9 Å². The van der Waals surface area contributed by atoms with Gasteiger partial charge in [0.25, 0.3) is 0 Å². The van der Waals surface area contributed by atoms with Gasteiger partial charge < -0.3 is 10.1 Å². The summed E-state index contributed by atoms with van der Waals surface area (Å²) in [5.41, 5.74) is 0. The number of benzene rings is 1. The van der Waals surface area contributed by atoms with Crippen LogP contribution in [0.15, 0.2) is 30.5 Å². The number of carbonyl (C=O) groups excluding carboxylic acids is 1. The van der Waals surface area contributed by atoms with Gasteiger partial charge in [-0.25, -0.2) is 9.37 Å². The van der Waals surface area contributed by atoms with E-state index in [1.165, 1.54) is 17.4 Å². The Balaban J connectivity index is 1.68. The van der Waals surface area contributed by atoms with E-state index in [1.54, 1.807) is 24.4 Å². The van der Waals surface area contributed by atoms with Crippen molar-refractivity contribution in [1.82, 2.24) is 4.98 Å². The number of para-hydroxylation sites is 1. The van der Waals surface area contributed by atoms with Gasteiger partial charge in [-0.05, 0) is 25.5 Å². The summed E-state index contributed by atoms with van der Waals surface area (Å²) in [4.78, 5) is 16.7.